The third kappa shape index (κ3) is 3.68. The molecule has 1 unspecified atom stereocenters. The molecular formula is C14H18ClNO4S. The molecule has 0 saturated carbocycles. The fourth-order valence-electron chi connectivity index (χ4n) is 2.44. The number of fused-ring (bicyclic) bond motifs is 1. The summed E-state index contributed by atoms with van der Waals surface area (Å²) in [4.78, 5) is 14.0. The number of benzene rings is 1. The molecule has 1 aliphatic heterocycles. The van der Waals surface area contributed by atoms with Gasteiger partial charge >= 0.3 is 0 Å². The first-order valence-electron chi connectivity index (χ1n) is 6.78. The van der Waals surface area contributed by atoms with Crippen molar-refractivity contribution in [3.05, 3.63) is 23.8 Å². The van der Waals surface area contributed by atoms with Crippen LogP contribution in [-0.4, -0.2) is 39.4 Å². The van der Waals surface area contributed by atoms with Gasteiger partial charge in [-0.05, 0) is 36.6 Å². The van der Waals surface area contributed by atoms with E-state index in [4.69, 9.17) is 15.4 Å². The number of amides is 1. The molecule has 0 N–H and O–H groups in total. The second-order valence-corrected chi connectivity index (χ2v) is 7.75. The topological polar surface area (TPSA) is 63.7 Å². The molecule has 1 aliphatic rings. The van der Waals surface area contributed by atoms with Crippen molar-refractivity contribution in [3.63, 3.8) is 0 Å². The van der Waals surface area contributed by atoms with E-state index in [0.717, 1.165) is 6.42 Å². The molecule has 0 bridgehead atoms. The molecule has 1 amide bonds. The number of halogens is 1. The van der Waals surface area contributed by atoms with Crippen molar-refractivity contribution < 1.29 is 17.9 Å². The van der Waals surface area contributed by atoms with Gasteiger partial charge in [0.25, 0.3) is 9.05 Å². The van der Waals surface area contributed by atoms with Gasteiger partial charge in [0.1, 0.15) is 12.4 Å². The average molecular weight is 332 g/mol. The maximum absolute atomic E-state index is 12.3. The molecule has 1 atom stereocenters. The van der Waals surface area contributed by atoms with Gasteiger partial charge in [-0.3, -0.25) is 4.79 Å². The van der Waals surface area contributed by atoms with Crippen LogP contribution in [0.15, 0.2) is 23.1 Å². The molecule has 0 fully saturated rings. The Kier molecular flexibility index (Phi) is 4.78. The van der Waals surface area contributed by atoms with E-state index in [9.17, 15) is 13.2 Å². The van der Waals surface area contributed by atoms with Gasteiger partial charge in [0.05, 0.1) is 10.8 Å². The number of nitrogens with zero attached hydrogens (tertiary/aromatic N) is 1. The lowest BCUT2D eigenvalue weighted by molar-refractivity contribution is -0.135. The van der Waals surface area contributed by atoms with Crippen LogP contribution in [0, 0.1) is 5.92 Å². The summed E-state index contributed by atoms with van der Waals surface area (Å²) in [5, 5.41) is 0. The van der Waals surface area contributed by atoms with Crippen molar-refractivity contribution in [2.45, 2.75) is 24.7 Å². The van der Waals surface area contributed by atoms with Crippen LogP contribution < -0.4 is 4.74 Å². The van der Waals surface area contributed by atoms with E-state index in [-0.39, 0.29) is 16.7 Å². The maximum atomic E-state index is 12.3. The van der Waals surface area contributed by atoms with E-state index in [0.29, 0.717) is 30.9 Å². The Morgan fingerprint density at radius 3 is 2.81 bits per heavy atom. The van der Waals surface area contributed by atoms with Crippen LogP contribution in [0.4, 0.5) is 0 Å². The monoisotopic (exact) mass is 331 g/mol. The highest BCUT2D eigenvalue weighted by molar-refractivity contribution is 8.13. The Balaban J connectivity index is 2.21. The summed E-state index contributed by atoms with van der Waals surface area (Å²) in [5.74, 6) is 0.338. The Bertz CT molecular complexity index is 644. The summed E-state index contributed by atoms with van der Waals surface area (Å²) in [5.41, 5.74) is 0.700. The second kappa shape index (κ2) is 6.23. The molecule has 0 radical (unpaired) electrons. The predicted molar refractivity (Wildman–Crippen MR) is 80.1 cm³/mol. The van der Waals surface area contributed by atoms with Crippen molar-refractivity contribution >= 4 is 25.6 Å². The summed E-state index contributed by atoms with van der Waals surface area (Å²) in [6, 6.07) is 4.48. The van der Waals surface area contributed by atoms with Gasteiger partial charge in [0.2, 0.25) is 5.91 Å². The molecule has 5 nitrogen and oxygen atoms in total. The molecule has 0 saturated heterocycles. The highest BCUT2D eigenvalue weighted by Crippen LogP contribution is 2.31. The van der Waals surface area contributed by atoms with E-state index in [1.54, 1.807) is 18.0 Å². The number of hydrogen-bond donors (Lipinski definition) is 0. The van der Waals surface area contributed by atoms with Crippen LogP contribution >= 0.6 is 10.7 Å². The molecule has 0 spiro atoms. The molecular weight excluding hydrogens is 314 g/mol. The standard InChI is InChI=1S/C14H18ClNO4S/c1-3-6-16(2)14(17)11-7-10-8-12(21(15,18)19)4-5-13(10)20-9-11/h4-5,8,11H,3,6-7,9H2,1-2H3. The molecule has 116 valence electrons. The van der Waals surface area contributed by atoms with Crippen molar-refractivity contribution in [3.8, 4) is 5.75 Å². The van der Waals surface area contributed by atoms with Crippen molar-refractivity contribution in [2.24, 2.45) is 5.92 Å². The minimum Gasteiger partial charge on any atom is -0.492 e. The summed E-state index contributed by atoms with van der Waals surface area (Å²) in [7, 11) is 3.34. The summed E-state index contributed by atoms with van der Waals surface area (Å²) < 4.78 is 28.3. The third-order valence-corrected chi connectivity index (χ3v) is 4.86. The third-order valence-electron chi connectivity index (χ3n) is 3.50. The van der Waals surface area contributed by atoms with E-state index in [1.165, 1.54) is 12.1 Å². The first-order chi connectivity index (χ1) is 9.82. The lowest BCUT2D eigenvalue weighted by Crippen LogP contribution is -2.39. The van der Waals surface area contributed by atoms with Crippen LogP contribution in [0.1, 0.15) is 18.9 Å². The summed E-state index contributed by atoms with van der Waals surface area (Å²) >= 11 is 0. The van der Waals surface area contributed by atoms with Crippen LogP contribution in [-0.2, 0) is 20.3 Å². The first-order valence-corrected chi connectivity index (χ1v) is 9.09. The van der Waals surface area contributed by atoms with E-state index < -0.39 is 9.05 Å². The maximum Gasteiger partial charge on any atom is 0.261 e. The van der Waals surface area contributed by atoms with E-state index >= 15 is 0 Å². The highest BCUT2D eigenvalue weighted by Gasteiger charge is 2.28. The normalized spacial score (nSPS) is 17.8. The molecule has 1 aromatic carbocycles. The second-order valence-electron chi connectivity index (χ2n) is 5.18. The molecule has 21 heavy (non-hydrogen) atoms. The van der Waals surface area contributed by atoms with Gasteiger partial charge in [0, 0.05) is 24.3 Å². The van der Waals surface area contributed by atoms with Crippen LogP contribution in [0.3, 0.4) is 0 Å². The highest BCUT2D eigenvalue weighted by atomic mass is 35.7. The van der Waals surface area contributed by atoms with Crippen molar-refractivity contribution in [1.82, 2.24) is 4.90 Å². The molecule has 1 aromatic rings. The molecule has 7 heteroatoms. The van der Waals surface area contributed by atoms with Gasteiger partial charge < -0.3 is 9.64 Å². The number of carbonyl (C=O) groups excluding carboxylic acids is 1. The van der Waals surface area contributed by atoms with Gasteiger partial charge in [-0.15, -0.1) is 0 Å². The Labute approximate surface area is 129 Å². The molecule has 0 aliphatic carbocycles. The minimum atomic E-state index is -3.78. The summed E-state index contributed by atoms with van der Waals surface area (Å²) in [6.07, 6.45) is 1.35. The fourth-order valence-corrected chi connectivity index (χ4v) is 3.24. The Morgan fingerprint density at radius 1 is 1.48 bits per heavy atom. The predicted octanol–water partition coefficient (Wildman–Crippen LogP) is 2.03. The zero-order valence-electron chi connectivity index (χ0n) is 12.0. The number of hydrogen-bond acceptors (Lipinski definition) is 4. The fraction of sp³-hybridized carbons (Fsp3) is 0.500. The SMILES string of the molecule is CCCN(C)C(=O)C1COc2ccc(S(=O)(=O)Cl)cc2C1. The van der Waals surface area contributed by atoms with Crippen LogP contribution in [0.25, 0.3) is 0 Å². The van der Waals surface area contributed by atoms with E-state index in [1.807, 2.05) is 6.92 Å². The van der Waals surface area contributed by atoms with Crippen molar-refractivity contribution in [2.75, 3.05) is 20.2 Å². The minimum absolute atomic E-state index is 0.0154. The Morgan fingerprint density at radius 2 is 2.19 bits per heavy atom. The zero-order valence-corrected chi connectivity index (χ0v) is 13.6. The van der Waals surface area contributed by atoms with Crippen LogP contribution in [0.5, 0.6) is 5.75 Å². The molecule has 0 aromatic heterocycles. The largest absolute Gasteiger partial charge is 0.492 e. The van der Waals surface area contributed by atoms with Gasteiger partial charge in [-0.1, -0.05) is 6.92 Å². The quantitative estimate of drug-likeness (QED) is 0.792. The van der Waals surface area contributed by atoms with Gasteiger partial charge in [0.15, 0.2) is 0 Å². The first kappa shape index (κ1) is 16.1. The lowest BCUT2D eigenvalue weighted by atomic mass is 9.95. The van der Waals surface area contributed by atoms with Gasteiger partial charge in [-0.2, -0.15) is 0 Å². The smallest absolute Gasteiger partial charge is 0.261 e. The summed E-state index contributed by atoms with van der Waals surface area (Å²) in [6.45, 7) is 3.01. The van der Waals surface area contributed by atoms with E-state index in [2.05, 4.69) is 0 Å². The average Bonchev–Trinajstić information content (AvgIpc) is 2.44. The molecule has 2 rings (SSSR count). The van der Waals surface area contributed by atoms with Gasteiger partial charge in [-0.25, -0.2) is 8.42 Å². The Hall–Kier alpha value is -1.27. The molecule has 1 heterocycles. The number of ether oxygens (including phenoxy) is 1. The number of rotatable bonds is 4. The number of carbonyl (C=O) groups is 1. The van der Waals surface area contributed by atoms with Crippen LogP contribution in [0.2, 0.25) is 0 Å². The zero-order chi connectivity index (χ0) is 15.6. The lowest BCUT2D eigenvalue weighted by Gasteiger charge is -2.28. The van der Waals surface area contributed by atoms with Crippen molar-refractivity contribution in [1.29, 1.82) is 0 Å².